The Morgan fingerprint density at radius 2 is 1.96 bits per heavy atom. The van der Waals surface area contributed by atoms with Crippen LogP contribution in [0.4, 0.5) is 0 Å². The molecule has 1 unspecified atom stereocenters. The molecule has 7 nitrogen and oxygen atoms in total. The lowest BCUT2D eigenvalue weighted by Crippen LogP contribution is -2.51. The highest BCUT2D eigenvalue weighted by molar-refractivity contribution is 6.30. The minimum atomic E-state index is -0.109. The van der Waals surface area contributed by atoms with Gasteiger partial charge in [0.1, 0.15) is 12.4 Å². The molecule has 0 bridgehead atoms. The van der Waals surface area contributed by atoms with E-state index in [0.29, 0.717) is 42.6 Å². The Kier molecular flexibility index (Phi) is 7.15. The Morgan fingerprint density at radius 1 is 1.21 bits per heavy atom. The number of hydrogen-bond donors (Lipinski definition) is 0. The van der Waals surface area contributed by atoms with Gasteiger partial charge in [-0.3, -0.25) is 9.59 Å². The highest BCUT2D eigenvalue weighted by Gasteiger charge is 2.37. The zero-order valence-electron chi connectivity index (χ0n) is 16.4. The molecule has 2 aliphatic rings. The lowest BCUT2D eigenvalue weighted by atomic mass is 10.0. The van der Waals surface area contributed by atoms with Gasteiger partial charge in [0, 0.05) is 44.5 Å². The van der Waals surface area contributed by atoms with Gasteiger partial charge in [0.15, 0.2) is 0 Å². The molecule has 1 aromatic carbocycles. The van der Waals surface area contributed by atoms with Gasteiger partial charge in [-0.2, -0.15) is 0 Å². The Balaban J connectivity index is 1.74. The number of likely N-dealkylation sites (tertiary alicyclic amines) is 1. The van der Waals surface area contributed by atoms with Crippen LogP contribution < -0.4 is 4.74 Å². The van der Waals surface area contributed by atoms with Crippen LogP contribution >= 0.6 is 11.6 Å². The van der Waals surface area contributed by atoms with E-state index in [0.717, 1.165) is 19.3 Å². The van der Waals surface area contributed by atoms with Crippen LogP contribution in [0.1, 0.15) is 29.6 Å². The van der Waals surface area contributed by atoms with Crippen molar-refractivity contribution in [2.24, 2.45) is 0 Å². The number of amides is 2. The second kappa shape index (κ2) is 9.58. The molecule has 0 saturated carbocycles. The summed E-state index contributed by atoms with van der Waals surface area (Å²) in [5.74, 6) is 0.317. The quantitative estimate of drug-likeness (QED) is 0.719. The van der Waals surface area contributed by atoms with E-state index in [4.69, 9.17) is 25.8 Å². The number of rotatable bonds is 6. The smallest absolute Gasteiger partial charge is 0.257 e. The number of ether oxygens (including phenoxy) is 3. The summed E-state index contributed by atoms with van der Waals surface area (Å²) in [6, 6.07) is 5.11. The van der Waals surface area contributed by atoms with Gasteiger partial charge in [0.05, 0.1) is 18.7 Å². The topological polar surface area (TPSA) is 68.3 Å². The average molecular weight is 411 g/mol. The predicted octanol–water partition coefficient (Wildman–Crippen LogP) is 2.22. The SMILES string of the molecule is COCC(=O)N(C1CCOCC1)C1CCN(C(=O)c2ccc(Cl)cc2OC)C1. The van der Waals surface area contributed by atoms with Crippen molar-refractivity contribution in [2.75, 3.05) is 47.1 Å². The second-order valence-electron chi connectivity index (χ2n) is 7.12. The standard InChI is InChI=1S/C20H27ClN2O5/c1-26-13-19(24)23(15-6-9-28-10-7-15)16-5-8-22(12-16)20(25)17-4-3-14(21)11-18(17)27-2/h3-4,11,15-16H,5-10,12-13H2,1-2H3. The maximum absolute atomic E-state index is 13.0. The highest BCUT2D eigenvalue weighted by Crippen LogP contribution is 2.28. The monoisotopic (exact) mass is 410 g/mol. The Bertz CT molecular complexity index is 708. The van der Waals surface area contributed by atoms with E-state index in [2.05, 4.69) is 0 Å². The van der Waals surface area contributed by atoms with E-state index in [9.17, 15) is 9.59 Å². The molecule has 2 heterocycles. The molecule has 0 aliphatic carbocycles. The molecular formula is C20H27ClN2O5. The maximum Gasteiger partial charge on any atom is 0.257 e. The van der Waals surface area contributed by atoms with Gasteiger partial charge in [-0.05, 0) is 37.5 Å². The molecule has 1 aromatic rings. The minimum absolute atomic E-state index is 0.0204. The van der Waals surface area contributed by atoms with Crippen molar-refractivity contribution in [3.63, 3.8) is 0 Å². The van der Waals surface area contributed by atoms with Crippen LogP contribution in [-0.2, 0) is 14.3 Å². The predicted molar refractivity (Wildman–Crippen MR) is 105 cm³/mol. The third-order valence-electron chi connectivity index (χ3n) is 5.38. The van der Waals surface area contributed by atoms with Crippen molar-refractivity contribution in [1.82, 2.24) is 9.80 Å². The maximum atomic E-state index is 13.0. The van der Waals surface area contributed by atoms with Crippen LogP contribution in [0.2, 0.25) is 5.02 Å². The lowest BCUT2D eigenvalue weighted by Gasteiger charge is -2.38. The summed E-state index contributed by atoms with van der Waals surface area (Å²) in [6.07, 6.45) is 2.37. The number of carbonyl (C=O) groups excluding carboxylic acids is 2. The van der Waals surface area contributed by atoms with Crippen LogP contribution in [0, 0.1) is 0 Å². The normalized spacial score (nSPS) is 20.2. The van der Waals surface area contributed by atoms with E-state index < -0.39 is 0 Å². The first-order valence-corrected chi connectivity index (χ1v) is 9.93. The van der Waals surface area contributed by atoms with Crippen molar-refractivity contribution in [3.8, 4) is 5.75 Å². The molecule has 1 atom stereocenters. The molecule has 0 radical (unpaired) electrons. The summed E-state index contributed by atoms with van der Waals surface area (Å²) in [5.41, 5.74) is 0.480. The molecule has 3 rings (SSSR count). The lowest BCUT2D eigenvalue weighted by molar-refractivity contribution is -0.142. The summed E-state index contributed by atoms with van der Waals surface area (Å²) in [6.45, 7) is 2.44. The molecule has 28 heavy (non-hydrogen) atoms. The van der Waals surface area contributed by atoms with Gasteiger partial charge < -0.3 is 24.0 Å². The van der Waals surface area contributed by atoms with Gasteiger partial charge >= 0.3 is 0 Å². The average Bonchev–Trinajstić information content (AvgIpc) is 3.18. The summed E-state index contributed by atoms with van der Waals surface area (Å²) < 4.78 is 15.9. The van der Waals surface area contributed by atoms with E-state index >= 15 is 0 Å². The third kappa shape index (κ3) is 4.59. The number of halogens is 1. The van der Waals surface area contributed by atoms with E-state index in [1.54, 1.807) is 23.1 Å². The van der Waals surface area contributed by atoms with Gasteiger partial charge in [0.25, 0.3) is 5.91 Å². The van der Waals surface area contributed by atoms with Gasteiger partial charge in [-0.1, -0.05) is 11.6 Å². The zero-order valence-corrected chi connectivity index (χ0v) is 17.1. The zero-order chi connectivity index (χ0) is 20.1. The first kappa shape index (κ1) is 20.9. The molecule has 2 amide bonds. The Labute approximate surface area is 170 Å². The molecule has 0 spiro atoms. The van der Waals surface area contributed by atoms with Crippen LogP contribution in [-0.4, -0.2) is 80.8 Å². The fraction of sp³-hybridized carbons (Fsp3) is 0.600. The molecule has 8 heteroatoms. The molecule has 0 N–H and O–H groups in total. The van der Waals surface area contributed by atoms with Crippen molar-refractivity contribution >= 4 is 23.4 Å². The fourth-order valence-electron chi connectivity index (χ4n) is 4.03. The first-order valence-electron chi connectivity index (χ1n) is 9.55. The van der Waals surface area contributed by atoms with Gasteiger partial charge in [-0.15, -0.1) is 0 Å². The molecular weight excluding hydrogens is 384 g/mol. The number of carbonyl (C=O) groups is 2. The van der Waals surface area contributed by atoms with Crippen LogP contribution in [0.15, 0.2) is 18.2 Å². The summed E-state index contributed by atoms with van der Waals surface area (Å²) in [7, 11) is 3.04. The second-order valence-corrected chi connectivity index (χ2v) is 7.55. The van der Waals surface area contributed by atoms with Gasteiger partial charge in [-0.25, -0.2) is 0 Å². The molecule has 0 aromatic heterocycles. The van der Waals surface area contributed by atoms with Crippen molar-refractivity contribution in [2.45, 2.75) is 31.3 Å². The summed E-state index contributed by atoms with van der Waals surface area (Å²) in [4.78, 5) is 29.5. The third-order valence-corrected chi connectivity index (χ3v) is 5.61. The van der Waals surface area contributed by atoms with E-state index in [-0.39, 0.29) is 30.5 Å². The fourth-order valence-corrected chi connectivity index (χ4v) is 4.19. The molecule has 154 valence electrons. The largest absolute Gasteiger partial charge is 0.496 e. The molecule has 2 fully saturated rings. The number of hydrogen-bond acceptors (Lipinski definition) is 5. The first-order chi connectivity index (χ1) is 13.5. The van der Waals surface area contributed by atoms with Gasteiger partial charge in [0.2, 0.25) is 5.91 Å². The summed E-state index contributed by atoms with van der Waals surface area (Å²) in [5, 5.41) is 0.517. The van der Waals surface area contributed by atoms with Crippen LogP contribution in [0.25, 0.3) is 0 Å². The molecule has 2 saturated heterocycles. The van der Waals surface area contributed by atoms with E-state index in [1.165, 1.54) is 14.2 Å². The van der Waals surface area contributed by atoms with Crippen LogP contribution in [0.3, 0.4) is 0 Å². The minimum Gasteiger partial charge on any atom is -0.496 e. The van der Waals surface area contributed by atoms with Crippen molar-refractivity contribution in [3.05, 3.63) is 28.8 Å². The van der Waals surface area contributed by atoms with E-state index in [1.807, 2.05) is 4.90 Å². The number of methoxy groups -OCH3 is 2. The molecule has 2 aliphatic heterocycles. The number of benzene rings is 1. The highest BCUT2D eigenvalue weighted by atomic mass is 35.5. The number of nitrogens with zero attached hydrogens (tertiary/aromatic N) is 2. The van der Waals surface area contributed by atoms with Crippen molar-refractivity contribution < 1.29 is 23.8 Å². The van der Waals surface area contributed by atoms with Crippen LogP contribution in [0.5, 0.6) is 5.75 Å². The van der Waals surface area contributed by atoms with Crippen molar-refractivity contribution in [1.29, 1.82) is 0 Å². The summed E-state index contributed by atoms with van der Waals surface area (Å²) >= 11 is 6.00. The Morgan fingerprint density at radius 3 is 2.64 bits per heavy atom. The Hall–Kier alpha value is -1.83.